The van der Waals surface area contributed by atoms with Gasteiger partial charge in [0.15, 0.2) is 16.3 Å². The molecule has 1 aliphatic heterocycles. The van der Waals surface area contributed by atoms with E-state index < -0.39 is 18.0 Å². The fraction of sp³-hybridized carbons (Fsp3) is 0.214. The summed E-state index contributed by atoms with van der Waals surface area (Å²) >= 11 is 1.20. The SMILES string of the molecule is C=CCOC(=O)C1=C(C)N=c2s/c(=C\c3ccc(OC(C)=O)c(OC)c3)c(=O)n2[C@@H]1c1ccc(OC)cc1. The fourth-order valence-corrected chi connectivity index (χ4v) is 5.11. The van der Waals surface area contributed by atoms with Crippen LogP contribution in [0.2, 0.25) is 0 Å². The van der Waals surface area contributed by atoms with Gasteiger partial charge in [0, 0.05) is 6.92 Å². The van der Waals surface area contributed by atoms with Crippen LogP contribution in [-0.2, 0) is 14.3 Å². The van der Waals surface area contributed by atoms with Gasteiger partial charge >= 0.3 is 11.9 Å². The minimum atomic E-state index is -0.752. The number of esters is 2. The van der Waals surface area contributed by atoms with Crippen LogP contribution >= 0.6 is 11.3 Å². The van der Waals surface area contributed by atoms with Gasteiger partial charge in [-0.05, 0) is 48.4 Å². The van der Waals surface area contributed by atoms with Crippen LogP contribution in [0, 0.1) is 0 Å². The lowest BCUT2D eigenvalue weighted by Gasteiger charge is -2.24. The smallest absolute Gasteiger partial charge is 0.338 e. The Labute approximate surface area is 222 Å². The molecule has 0 saturated heterocycles. The molecular formula is C28H26N2O7S. The molecule has 0 radical (unpaired) electrons. The number of carbonyl (C=O) groups is 2. The summed E-state index contributed by atoms with van der Waals surface area (Å²) in [6, 6.07) is 11.4. The molecular weight excluding hydrogens is 508 g/mol. The molecule has 0 aliphatic carbocycles. The molecule has 38 heavy (non-hydrogen) atoms. The van der Waals surface area contributed by atoms with E-state index in [1.165, 1.54) is 36.0 Å². The van der Waals surface area contributed by atoms with Crippen molar-refractivity contribution >= 4 is 29.4 Å². The number of fused-ring (bicyclic) bond motifs is 1. The zero-order chi connectivity index (χ0) is 27.4. The second-order valence-electron chi connectivity index (χ2n) is 8.25. The highest BCUT2D eigenvalue weighted by atomic mass is 32.1. The Bertz CT molecular complexity index is 1610. The molecule has 0 amide bonds. The Kier molecular flexibility index (Phi) is 7.92. The average molecular weight is 535 g/mol. The van der Waals surface area contributed by atoms with E-state index in [1.54, 1.807) is 62.6 Å². The first-order valence-electron chi connectivity index (χ1n) is 11.6. The molecule has 2 aromatic carbocycles. The summed E-state index contributed by atoms with van der Waals surface area (Å²) in [4.78, 5) is 43.2. The standard InChI is InChI=1S/C28H26N2O7S/c1-6-13-36-27(33)24-16(2)29-28-30(25(24)19-8-10-20(34-4)11-9-19)26(32)23(38-28)15-18-7-12-21(37-17(3)31)22(14-18)35-5/h6-12,14-15,25H,1,13H2,2-5H3/b23-15-/t25-/m1/s1. The quantitative estimate of drug-likeness (QED) is 0.249. The van der Waals surface area contributed by atoms with Gasteiger partial charge in [0.05, 0.1) is 36.1 Å². The van der Waals surface area contributed by atoms with Crippen LogP contribution in [0.5, 0.6) is 17.2 Å². The molecule has 196 valence electrons. The van der Waals surface area contributed by atoms with Gasteiger partial charge in [-0.15, -0.1) is 0 Å². The summed E-state index contributed by atoms with van der Waals surface area (Å²) < 4.78 is 23.0. The number of aromatic nitrogens is 1. The van der Waals surface area contributed by atoms with Crippen molar-refractivity contribution in [3.63, 3.8) is 0 Å². The second kappa shape index (κ2) is 11.3. The van der Waals surface area contributed by atoms with Gasteiger partial charge in [-0.3, -0.25) is 14.2 Å². The molecule has 0 fully saturated rings. The predicted molar refractivity (Wildman–Crippen MR) is 142 cm³/mol. The minimum absolute atomic E-state index is 0.0283. The second-order valence-corrected chi connectivity index (χ2v) is 9.26. The number of allylic oxidation sites excluding steroid dienone is 1. The number of rotatable bonds is 8. The van der Waals surface area contributed by atoms with Crippen LogP contribution in [-0.4, -0.2) is 37.3 Å². The average Bonchev–Trinajstić information content (AvgIpc) is 3.21. The lowest BCUT2D eigenvalue weighted by molar-refractivity contribution is -0.138. The van der Waals surface area contributed by atoms with E-state index in [4.69, 9.17) is 18.9 Å². The first-order valence-corrected chi connectivity index (χ1v) is 12.4. The molecule has 0 saturated carbocycles. The zero-order valence-electron chi connectivity index (χ0n) is 21.3. The summed E-state index contributed by atoms with van der Waals surface area (Å²) in [6.07, 6.45) is 3.18. The molecule has 10 heteroatoms. The highest BCUT2D eigenvalue weighted by Crippen LogP contribution is 2.32. The molecule has 3 aromatic rings. The summed E-state index contributed by atoms with van der Waals surface area (Å²) in [7, 11) is 3.03. The summed E-state index contributed by atoms with van der Waals surface area (Å²) in [5.41, 5.74) is 1.76. The van der Waals surface area contributed by atoms with E-state index in [0.717, 1.165) is 0 Å². The van der Waals surface area contributed by atoms with Crippen LogP contribution < -0.4 is 29.1 Å². The van der Waals surface area contributed by atoms with Crippen molar-refractivity contribution in [2.24, 2.45) is 4.99 Å². The fourth-order valence-electron chi connectivity index (χ4n) is 4.06. The Morgan fingerprint density at radius 2 is 1.84 bits per heavy atom. The van der Waals surface area contributed by atoms with E-state index in [9.17, 15) is 14.4 Å². The molecule has 0 unspecified atom stereocenters. The maximum Gasteiger partial charge on any atom is 0.338 e. The number of thiazole rings is 1. The summed E-state index contributed by atoms with van der Waals surface area (Å²) in [5.74, 6) is 0.217. The van der Waals surface area contributed by atoms with Gasteiger partial charge in [0.1, 0.15) is 12.4 Å². The summed E-state index contributed by atoms with van der Waals surface area (Å²) in [5, 5.41) is 0. The molecule has 1 aromatic heterocycles. The number of hydrogen-bond acceptors (Lipinski definition) is 9. The van der Waals surface area contributed by atoms with E-state index in [1.807, 2.05) is 0 Å². The number of benzene rings is 2. The van der Waals surface area contributed by atoms with Gasteiger partial charge in [-0.1, -0.05) is 42.2 Å². The van der Waals surface area contributed by atoms with Crippen molar-refractivity contribution in [3.8, 4) is 17.2 Å². The van der Waals surface area contributed by atoms with Gasteiger partial charge in [0.2, 0.25) is 0 Å². The highest BCUT2D eigenvalue weighted by molar-refractivity contribution is 7.07. The normalized spacial score (nSPS) is 14.8. The number of methoxy groups -OCH3 is 2. The first-order chi connectivity index (χ1) is 18.3. The minimum Gasteiger partial charge on any atom is -0.497 e. The van der Waals surface area contributed by atoms with Crippen molar-refractivity contribution in [1.29, 1.82) is 0 Å². The predicted octanol–water partition coefficient (Wildman–Crippen LogP) is 2.91. The Morgan fingerprint density at radius 1 is 1.11 bits per heavy atom. The third-order valence-electron chi connectivity index (χ3n) is 5.74. The van der Waals surface area contributed by atoms with Crippen LogP contribution in [0.1, 0.15) is 31.0 Å². The maximum atomic E-state index is 13.7. The van der Waals surface area contributed by atoms with Gasteiger partial charge in [-0.25, -0.2) is 9.79 Å². The summed E-state index contributed by atoms with van der Waals surface area (Å²) in [6.45, 7) is 6.65. The number of hydrogen-bond donors (Lipinski definition) is 0. The molecule has 2 heterocycles. The number of ether oxygens (including phenoxy) is 4. The maximum absolute atomic E-state index is 13.7. The van der Waals surface area contributed by atoms with E-state index in [2.05, 4.69) is 11.6 Å². The molecule has 0 spiro atoms. The Morgan fingerprint density at radius 3 is 2.47 bits per heavy atom. The molecule has 0 bridgehead atoms. The van der Waals surface area contributed by atoms with Gasteiger partial charge in [-0.2, -0.15) is 0 Å². The van der Waals surface area contributed by atoms with Gasteiger partial charge < -0.3 is 18.9 Å². The number of nitrogens with zero attached hydrogens (tertiary/aromatic N) is 2. The van der Waals surface area contributed by atoms with Crippen molar-refractivity contribution in [3.05, 3.63) is 97.2 Å². The molecule has 0 N–H and O–H groups in total. The van der Waals surface area contributed by atoms with Crippen molar-refractivity contribution in [1.82, 2.24) is 4.57 Å². The molecule has 4 rings (SSSR count). The first kappa shape index (κ1) is 26.6. The topological polar surface area (TPSA) is 105 Å². The molecule has 9 nitrogen and oxygen atoms in total. The van der Waals surface area contributed by atoms with E-state index >= 15 is 0 Å². The molecule has 1 atom stereocenters. The van der Waals surface area contributed by atoms with Crippen molar-refractivity contribution in [2.75, 3.05) is 20.8 Å². The third-order valence-corrected chi connectivity index (χ3v) is 6.73. The van der Waals surface area contributed by atoms with Gasteiger partial charge in [0.25, 0.3) is 5.56 Å². The third kappa shape index (κ3) is 5.30. The Balaban J connectivity index is 1.87. The highest BCUT2D eigenvalue weighted by Gasteiger charge is 2.33. The lowest BCUT2D eigenvalue weighted by atomic mass is 9.96. The monoisotopic (exact) mass is 534 g/mol. The van der Waals surface area contributed by atoms with Crippen LogP contribution in [0.25, 0.3) is 6.08 Å². The van der Waals surface area contributed by atoms with Crippen LogP contribution in [0.15, 0.2) is 76.2 Å². The largest absolute Gasteiger partial charge is 0.497 e. The van der Waals surface area contributed by atoms with Crippen molar-refractivity contribution < 1.29 is 28.5 Å². The van der Waals surface area contributed by atoms with Crippen LogP contribution in [0.4, 0.5) is 0 Å². The van der Waals surface area contributed by atoms with E-state index in [0.29, 0.717) is 37.7 Å². The van der Waals surface area contributed by atoms with Crippen molar-refractivity contribution in [2.45, 2.75) is 19.9 Å². The van der Waals surface area contributed by atoms with E-state index in [-0.39, 0.29) is 23.5 Å². The van der Waals surface area contributed by atoms with Crippen LogP contribution in [0.3, 0.4) is 0 Å². The lowest BCUT2D eigenvalue weighted by Crippen LogP contribution is -2.39. The Hall–Kier alpha value is -4.44. The molecule has 1 aliphatic rings. The number of carbonyl (C=O) groups excluding carboxylic acids is 2. The zero-order valence-corrected chi connectivity index (χ0v) is 22.2.